The van der Waals surface area contributed by atoms with Gasteiger partial charge in [0, 0.05) is 22.6 Å². The lowest BCUT2D eigenvalue weighted by atomic mass is 9.88. The Kier molecular flexibility index (Phi) is 9.19. The van der Waals surface area contributed by atoms with Crippen molar-refractivity contribution in [2.24, 2.45) is 5.92 Å². The first-order valence-electron chi connectivity index (χ1n) is 10.2. The lowest BCUT2D eigenvalue weighted by Gasteiger charge is -2.22. The van der Waals surface area contributed by atoms with Gasteiger partial charge in [-0.15, -0.1) is 0 Å². The van der Waals surface area contributed by atoms with E-state index in [9.17, 15) is 27.6 Å². The van der Waals surface area contributed by atoms with Crippen LogP contribution in [-0.2, 0) is 26.2 Å². The average Bonchev–Trinajstić information content (AvgIpc) is 3.00. The number of rotatable bonds is 5. The van der Waals surface area contributed by atoms with Crippen LogP contribution < -0.4 is 9.64 Å². The molecule has 1 aliphatic heterocycles. The number of carboxylic acid groups (broad SMARTS) is 1. The van der Waals surface area contributed by atoms with E-state index in [1.165, 1.54) is 19.2 Å². The van der Waals surface area contributed by atoms with E-state index < -0.39 is 52.7 Å². The van der Waals surface area contributed by atoms with Crippen LogP contribution in [0, 0.1) is 5.92 Å². The van der Waals surface area contributed by atoms with Crippen molar-refractivity contribution >= 4 is 46.9 Å². The number of anilines is 1. The number of hydrogen-bond donors (Lipinski definition) is 1. The number of aliphatic carboxylic acids is 1. The normalized spacial score (nSPS) is 16.8. The summed E-state index contributed by atoms with van der Waals surface area (Å²) in [5, 5.41) is 8.13. The molecule has 0 fully saturated rings. The first-order valence-corrected chi connectivity index (χ1v) is 11.1. The van der Waals surface area contributed by atoms with Gasteiger partial charge in [-0.2, -0.15) is 13.2 Å². The second-order valence-electron chi connectivity index (χ2n) is 7.88. The summed E-state index contributed by atoms with van der Waals surface area (Å²) in [7, 11) is 1.21. The number of methoxy groups -OCH3 is 1. The van der Waals surface area contributed by atoms with Crippen LogP contribution >= 0.6 is 23.2 Å². The molecule has 0 saturated heterocycles. The molecule has 0 saturated carbocycles. The molecule has 3 rings (SSSR count). The maximum atomic E-state index is 16.3. The summed E-state index contributed by atoms with van der Waals surface area (Å²) in [4.78, 5) is 35.2. The highest BCUT2D eigenvalue weighted by Crippen LogP contribution is 2.51. The number of carboxylic acids is 1. The SMILES string of the molecule is CC(C)CC(=O)O.COc1ccc(Cl)cc1C1(F)C(=O)N(C(=O)OCCl)c2cc(C(F)(F)F)ccc21. The number of ether oxygens (including phenoxy) is 2. The van der Waals surface area contributed by atoms with Gasteiger partial charge in [-0.1, -0.05) is 43.1 Å². The summed E-state index contributed by atoms with van der Waals surface area (Å²) in [5.41, 5.74) is -5.73. The number of carbonyl (C=O) groups is 3. The van der Waals surface area contributed by atoms with Gasteiger partial charge in [0.15, 0.2) is 6.07 Å². The van der Waals surface area contributed by atoms with Gasteiger partial charge in [0.1, 0.15) is 5.75 Å². The smallest absolute Gasteiger partial charge is 0.422 e. The third kappa shape index (κ3) is 6.01. The Balaban J connectivity index is 0.000000572. The Labute approximate surface area is 213 Å². The molecule has 2 amide bonds. The Morgan fingerprint density at radius 3 is 2.25 bits per heavy atom. The molecule has 36 heavy (non-hydrogen) atoms. The van der Waals surface area contributed by atoms with Crippen molar-refractivity contribution in [3.63, 3.8) is 0 Å². The van der Waals surface area contributed by atoms with E-state index in [4.69, 9.17) is 33.0 Å². The fourth-order valence-corrected chi connectivity index (χ4v) is 3.68. The molecule has 13 heteroatoms. The molecule has 1 atom stereocenters. The largest absolute Gasteiger partial charge is 0.496 e. The average molecular weight is 554 g/mol. The number of imide groups is 1. The van der Waals surface area contributed by atoms with Gasteiger partial charge in [-0.3, -0.25) is 9.59 Å². The van der Waals surface area contributed by atoms with Crippen molar-refractivity contribution in [1.29, 1.82) is 0 Å². The quantitative estimate of drug-likeness (QED) is 0.341. The van der Waals surface area contributed by atoms with E-state index in [0.29, 0.717) is 12.1 Å². The lowest BCUT2D eigenvalue weighted by Crippen LogP contribution is -2.42. The van der Waals surface area contributed by atoms with Crippen molar-refractivity contribution < 1.29 is 46.5 Å². The monoisotopic (exact) mass is 553 g/mol. The third-order valence-electron chi connectivity index (χ3n) is 4.91. The predicted molar refractivity (Wildman–Crippen MR) is 123 cm³/mol. The number of halogens is 6. The summed E-state index contributed by atoms with van der Waals surface area (Å²) in [6.07, 6.45) is -5.94. The molecule has 1 aliphatic rings. The standard InChI is InChI=1S/C18H11Cl2F4NO4.C5H10O2/c1-28-14-5-3-10(20)7-12(14)17(21)11-4-2-9(18(22,23)24)6-13(11)25(15(17)26)16(27)29-8-19;1-4(2)3-5(6)7/h2-7H,8H2,1H3;4H,3H2,1-2H3,(H,6,7). The zero-order chi connectivity index (χ0) is 27.4. The van der Waals surface area contributed by atoms with E-state index in [2.05, 4.69) is 4.74 Å². The molecule has 1 heterocycles. The van der Waals surface area contributed by atoms with Crippen LogP contribution in [0.5, 0.6) is 5.75 Å². The van der Waals surface area contributed by atoms with Crippen molar-refractivity contribution in [2.75, 3.05) is 18.1 Å². The predicted octanol–water partition coefficient (Wildman–Crippen LogP) is 6.38. The van der Waals surface area contributed by atoms with E-state index >= 15 is 4.39 Å². The number of alkyl halides is 5. The molecular formula is C23H21Cl2F4NO6. The lowest BCUT2D eigenvalue weighted by molar-refractivity contribution is -0.138. The second kappa shape index (κ2) is 11.3. The third-order valence-corrected chi connectivity index (χ3v) is 5.26. The van der Waals surface area contributed by atoms with E-state index in [0.717, 1.165) is 12.1 Å². The van der Waals surface area contributed by atoms with Crippen LogP contribution in [0.4, 0.5) is 28.0 Å². The number of fused-ring (bicyclic) bond motifs is 1. The molecule has 2 aromatic rings. The fourth-order valence-electron chi connectivity index (χ4n) is 3.41. The second-order valence-corrected chi connectivity index (χ2v) is 8.54. The highest BCUT2D eigenvalue weighted by atomic mass is 35.5. The Morgan fingerprint density at radius 1 is 1.14 bits per heavy atom. The highest BCUT2D eigenvalue weighted by molar-refractivity contribution is 6.31. The van der Waals surface area contributed by atoms with Gasteiger partial charge < -0.3 is 14.6 Å². The Hall–Kier alpha value is -3.05. The topological polar surface area (TPSA) is 93.1 Å². The first-order chi connectivity index (χ1) is 16.7. The van der Waals surface area contributed by atoms with Gasteiger partial charge in [0.05, 0.1) is 18.4 Å². The number of benzene rings is 2. The summed E-state index contributed by atoms with van der Waals surface area (Å²) < 4.78 is 65.3. The van der Waals surface area contributed by atoms with E-state index in [-0.39, 0.29) is 33.6 Å². The molecule has 1 N–H and O–H groups in total. The summed E-state index contributed by atoms with van der Waals surface area (Å²) in [6, 6.07) is 4.93. The van der Waals surface area contributed by atoms with Gasteiger partial charge in [-0.05, 0) is 36.2 Å². The molecule has 0 aromatic heterocycles. The van der Waals surface area contributed by atoms with E-state index in [1.54, 1.807) is 0 Å². The Bertz CT molecular complexity index is 1160. The summed E-state index contributed by atoms with van der Waals surface area (Å²) in [5.74, 6) is -2.02. The minimum Gasteiger partial charge on any atom is -0.496 e. The van der Waals surface area contributed by atoms with Gasteiger partial charge in [-0.25, -0.2) is 14.1 Å². The minimum absolute atomic E-state index is 0.0425. The molecule has 2 aromatic carbocycles. The van der Waals surface area contributed by atoms with Crippen molar-refractivity contribution in [3.8, 4) is 5.75 Å². The van der Waals surface area contributed by atoms with Crippen molar-refractivity contribution in [2.45, 2.75) is 32.1 Å². The first kappa shape index (κ1) is 29.2. The minimum atomic E-state index is -4.80. The number of amides is 2. The maximum absolute atomic E-state index is 16.3. The zero-order valence-corrected chi connectivity index (χ0v) is 20.7. The molecule has 7 nitrogen and oxygen atoms in total. The number of nitrogens with zero attached hydrogens (tertiary/aromatic N) is 1. The fraction of sp³-hybridized carbons (Fsp3) is 0.348. The van der Waals surface area contributed by atoms with Crippen molar-refractivity contribution in [3.05, 3.63) is 58.1 Å². The molecule has 0 radical (unpaired) electrons. The zero-order valence-electron chi connectivity index (χ0n) is 19.2. The number of hydrogen-bond acceptors (Lipinski definition) is 5. The molecule has 1 unspecified atom stereocenters. The van der Waals surface area contributed by atoms with Gasteiger partial charge in [0.2, 0.25) is 5.67 Å². The Morgan fingerprint density at radius 2 is 1.78 bits per heavy atom. The molecule has 196 valence electrons. The van der Waals surface area contributed by atoms with Crippen molar-refractivity contribution in [1.82, 2.24) is 0 Å². The number of carbonyl (C=O) groups excluding carboxylic acids is 2. The van der Waals surface area contributed by atoms with Gasteiger partial charge in [0.25, 0.3) is 5.91 Å². The van der Waals surface area contributed by atoms with Gasteiger partial charge >= 0.3 is 18.2 Å². The van der Waals surface area contributed by atoms with Crippen LogP contribution in [0.1, 0.15) is 37.0 Å². The maximum Gasteiger partial charge on any atom is 0.422 e. The summed E-state index contributed by atoms with van der Waals surface area (Å²) >= 11 is 11.2. The van der Waals surface area contributed by atoms with Crippen LogP contribution in [0.25, 0.3) is 0 Å². The van der Waals surface area contributed by atoms with Crippen LogP contribution in [-0.4, -0.2) is 36.3 Å². The van der Waals surface area contributed by atoms with Crippen LogP contribution in [0.15, 0.2) is 36.4 Å². The van der Waals surface area contributed by atoms with E-state index in [1.807, 2.05) is 13.8 Å². The summed E-state index contributed by atoms with van der Waals surface area (Å²) in [6.45, 7) is 3.77. The molecule has 0 spiro atoms. The van der Waals surface area contributed by atoms with Crippen LogP contribution in [0.3, 0.4) is 0 Å². The van der Waals surface area contributed by atoms with Crippen LogP contribution in [0.2, 0.25) is 5.02 Å². The molecule has 0 bridgehead atoms. The molecular weight excluding hydrogens is 533 g/mol. The molecule has 0 aliphatic carbocycles. The highest BCUT2D eigenvalue weighted by Gasteiger charge is 2.57.